The van der Waals surface area contributed by atoms with Crippen LogP contribution in [0.2, 0.25) is 5.02 Å². The van der Waals surface area contributed by atoms with E-state index in [9.17, 15) is 4.79 Å². The first kappa shape index (κ1) is 14.8. The second-order valence-electron chi connectivity index (χ2n) is 5.29. The maximum absolute atomic E-state index is 12.2. The SMILES string of the molecule is C=CCC(C)(CC)C1=NN(c2ccccc2Cl)C(=O)C1. The standard InChI is InChI=1S/C16H19ClN2O/c1-4-10-16(3,5-2)14-11-15(20)19(18-14)13-9-7-6-8-12(13)17/h4,6-9H,1,5,10-11H2,2-3H3. The van der Waals surface area contributed by atoms with Crippen LogP contribution in [0, 0.1) is 5.41 Å². The third-order valence-corrected chi connectivity index (χ3v) is 4.25. The van der Waals surface area contributed by atoms with Crippen molar-refractivity contribution in [3.05, 3.63) is 41.9 Å². The van der Waals surface area contributed by atoms with E-state index in [1.165, 1.54) is 5.01 Å². The summed E-state index contributed by atoms with van der Waals surface area (Å²) < 4.78 is 0. The van der Waals surface area contributed by atoms with Crippen LogP contribution in [0.15, 0.2) is 42.0 Å². The van der Waals surface area contributed by atoms with Crippen molar-refractivity contribution in [2.45, 2.75) is 33.1 Å². The van der Waals surface area contributed by atoms with Gasteiger partial charge in [-0.05, 0) is 25.0 Å². The lowest BCUT2D eigenvalue weighted by Crippen LogP contribution is -2.25. The van der Waals surface area contributed by atoms with Crippen LogP contribution in [0.3, 0.4) is 0 Å². The molecule has 1 amide bonds. The monoisotopic (exact) mass is 290 g/mol. The molecule has 0 radical (unpaired) electrons. The molecule has 2 rings (SSSR count). The van der Waals surface area contributed by atoms with Gasteiger partial charge < -0.3 is 0 Å². The number of hydrogen-bond acceptors (Lipinski definition) is 2. The van der Waals surface area contributed by atoms with Gasteiger partial charge in [-0.1, -0.05) is 43.7 Å². The molecule has 0 aliphatic carbocycles. The quantitative estimate of drug-likeness (QED) is 0.739. The highest BCUT2D eigenvalue weighted by atomic mass is 35.5. The molecule has 106 valence electrons. The van der Waals surface area contributed by atoms with Gasteiger partial charge in [-0.25, -0.2) is 0 Å². The van der Waals surface area contributed by atoms with E-state index in [2.05, 4.69) is 25.5 Å². The number of para-hydroxylation sites is 1. The zero-order valence-corrected chi connectivity index (χ0v) is 12.7. The summed E-state index contributed by atoms with van der Waals surface area (Å²) in [5, 5.41) is 6.49. The second-order valence-corrected chi connectivity index (χ2v) is 5.69. The van der Waals surface area contributed by atoms with Gasteiger partial charge in [0.15, 0.2) is 0 Å². The Morgan fingerprint density at radius 2 is 2.20 bits per heavy atom. The molecule has 1 aromatic carbocycles. The Morgan fingerprint density at radius 1 is 1.50 bits per heavy atom. The Balaban J connectivity index is 2.36. The average molecular weight is 291 g/mol. The average Bonchev–Trinajstić information content (AvgIpc) is 2.82. The Bertz CT molecular complexity index is 567. The van der Waals surface area contributed by atoms with Gasteiger partial charge in [0.05, 0.1) is 22.8 Å². The van der Waals surface area contributed by atoms with E-state index < -0.39 is 0 Å². The van der Waals surface area contributed by atoms with Crippen molar-refractivity contribution in [1.82, 2.24) is 0 Å². The fraction of sp³-hybridized carbons (Fsp3) is 0.375. The molecule has 0 aromatic heterocycles. The Morgan fingerprint density at radius 3 is 2.80 bits per heavy atom. The summed E-state index contributed by atoms with van der Waals surface area (Å²) in [5.74, 6) is -0.0307. The minimum atomic E-state index is -0.118. The Kier molecular flexibility index (Phi) is 4.29. The van der Waals surface area contributed by atoms with Crippen LogP contribution in [0.5, 0.6) is 0 Å². The van der Waals surface area contributed by atoms with Gasteiger partial charge >= 0.3 is 0 Å². The molecule has 1 unspecified atom stereocenters. The zero-order chi connectivity index (χ0) is 14.8. The molecule has 1 atom stereocenters. The maximum Gasteiger partial charge on any atom is 0.253 e. The number of halogens is 1. The van der Waals surface area contributed by atoms with Crippen LogP contribution in [0.25, 0.3) is 0 Å². The summed E-state index contributed by atoms with van der Waals surface area (Å²) in [6, 6.07) is 7.26. The van der Waals surface area contributed by atoms with E-state index in [1.807, 2.05) is 24.3 Å². The summed E-state index contributed by atoms with van der Waals surface area (Å²) in [6.07, 6.45) is 3.96. The van der Waals surface area contributed by atoms with Crippen molar-refractivity contribution in [3.63, 3.8) is 0 Å². The summed E-state index contributed by atoms with van der Waals surface area (Å²) in [7, 11) is 0. The maximum atomic E-state index is 12.2. The van der Waals surface area contributed by atoms with Gasteiger partial charge in [0.1, 0.15) is 0 Å². The molecular formula is C16H19ClN2O. The predicted octanol–water partition coefficient (Wildman–Crippen LogP) is 4.43. The van der Waals surface area contributed by atoms with Crippen molar-refractivity contribution in [1.29, 1.82) is 0 Å². The van der Waals surface area contributed by atoms with E-state index in [1.54, 1.807) is 6.07 Å². The number of carbonyl (C=O) groups is 1. The molecule has 1 aliphatic heterocycles. The van der Waals surface area contributed by atoms with Gasteiger partial charge in [-0.2, -0.15) is 10.1 Å². The van der Waals surface area contributed by atoms with E-state index >= 15 is 0 Å². The van der Waals surface area contributed by atoms with Crippen molar-refractivity contribution in [2.24, 2.45) is 10.5 Å². The fourth-order valence-corrected chi connectivity index (χ4v) is 2.58. The smallest absolute Gasteiger partial charge is 0.253 e. The van der Waals surface area contributed by atoms with Gasteiger partial charge in [0.25, 0.3) is 5.91 Å². The van der Waals surface area contributed by atoms with Crippen LogP contribution >= 0.6 is 11.6 Å². The number of nitrogens with zero attached hydrogens (tertiary/aromatic N) is 2. The highest BCUT2D eigenvalue weighted by Gasteiger charge is 2.36. The van der Waals surface area contributed by atoms with Crippen molar-refractivity contribution >= 4 is 28.9 Å². The van der Waals surface area contributed by atoms with Crippen LogP contribution < -0.4 is 5.01 Å². The van der Waals surface area contributed by atoms with Gasteiger partial charge in [0.2, 0.25) is 0 Å². The van der Waals surface area contributed by atoms with E-state index in [0.717, 1.165) is 18.6 Å². The van der Waals surface area contributed by atoms with Gasteiger partial charge in [-0.15, -0.1) is 6.58 Å². The fourth-order valence-electron chi connectivity index (χ4n) is 2.36. The van der Waals surface area contributed by atoms with Crippen molar-refractivity contribution in [3.8, 4) is 0 Å². The lowest BCUT2D eigenvalue weighted by molar-refractivity contribution is -0.116. The molecule has 1 aliphatic rings. The van der Waals surface area contributed by atoms with E-state index in [-0.39, 0.29) is 11.3 Å². The molecule has 20 heavy (non-hydrogen) atoms. The molecular weight excluding hydrogens is 272 g/mol. The summed E-state index contributed by atoms with van der Waals surface area (Å²) in [6.45, 7) is 8.03. The third-order valence-electron chi connectivity index (χ3n) is 3.93. The number of anilines is 1. The Labute approximate surface area is 124 Å². The number of hydrazone groups is 1. The predicted molar refractivity (Wildman–Crippen MR) is 84.2 cm³/mol. The first-order valence-electron chi connectivity index (χ1n) is 6.78. The van der Waals surface area contributed by atoms with Crippen molar-refractivity contribution < 1.29 is 4.79 Å². The van der Waals surface area contributed by atoms with Crippen LogP contribution in [0.4, 0.5) is 5.69 Å². The highest BCUT2D eigenvalue weighted by Crippen LogP contribution is 2.36. The third kappa shape index (κ3) is 2.63. The number of allylic oxidation sites excluding steroid dienone is 1. The molecule has 0 N–H and O–H groups in total. The number of carbonyl (C=O) groups excluding carboxylic acids is 1. The normalized spacial score (nSPS) is 17.9. The zero-order valence-electron chi connectivity index (χ0n) is 11.9. The molecule has 1 heterocycles. The summed E-state index contributed by atoms with van der Waals surface area (Å²) in [5.41, 5.74) is 1.43. The lowest BCUT2D eigenvalue weighted by atomic mass is 9.78. The minimum Gasteiger partial charge on any atom is -0.272 e. The molecule has 4 heteroatoms. The largest absolute Gasteiger partial charge is 0.272 e. The number of amides is 1. The number of benzene rings is 1. The second kappa shape index (κ2) is 5.80. The van der Waals surface area contributed by atoms with Crippen molar-refractivity contribution in [2.75, 3.05) is 5.01 Å². The molecule has 3 nitrogen and oxygen atoms in total. The highest BCUT2D eigenvalue weighted by molar-refractivity contribution is 6.34. The molecule has 1 aromatic rings. The van der Waals surface area contributed by atoms with Crippen LogP contribution in [0.1, 0.15) is 33.1 Å². The summed E-state index contributed by atoms with van der Waals surface area (Å²) in [4.78, 5) is 12.2. The number of rotatable bonds is 5. The van der Waals surface area contributed by atoms with E-state index in [4.69, 9.17) is 11.6 Å². The van der Waals surface area contributed by atoms with Crippen LogP contribution in [-0.2, 0) is 4.79 Å². The van der Waals surface area contributed by atoms with Gasteiger partial charge in [-0.3, -0.25) is 4.79 Å². The first-order valence-corrected chi connectivity index (χ1v) is 7.16. The molecule has 0 spiro atoms. The minimum absolute atomic E-state index is 0.0307. The summed E-state index contributed by atoms with van der Waals surface area (Å²) >= 11 is 6.15. The van der Waals surface area contributed by atoms with E-state index in [0.29, 0.717) is 17.1 Å². The topological polar surface area (TPSA) is 32.7 Å². The molecule has 0 fully saturated rings. The Hall–Kier alpha value is -1.61. The first-order chi connectivity index (χ1) is 9.51. The van der Waals surface area contributed by atoms with Gasteiger partial charge in [0, 0.05) is 5.41 Å². The lowest BCUT2D eigenvalue weighted by Gasteiger charge is -2.26. The molecule has 0 saturated carbocycles. The number of hydrogen-bond donors (Lipinski definition) is 0. The molecule has 0 bridgehead atoms. The van der Waals surface area contributed by atoms with Crippen LogP contribution in [-0.4, -0.2) is 11.6 Å². The molecule has 0 saturated heterocycles.